The molecule has 1 aromatic rings. The van der Waals surface area contributed by atoms with Crippen molar-refractivity contribution in [2.45, 2.75) is 109 Å². The summed E-state index contributed by atoms with van der Waals surface area (Å²) in [6, 6.07) is -0.948. The highest BCUT2D eigenvalue weighted by Gasteiger charge is 2.53. The number of aromatic nitrogens is 1. The zero-order chi connectivity index (χ0) is 27.8. The minimum Gasteiger partial charge on any atom is -0.392 e. The largest absolute Gasteiger partial charge is 0.392 e. The summed E-state index contributed by atoms with van der Waals surface area (Å²) in [4.78, 5) is 31.0. The molecule has 3 fully saturated rings. The van der Waals surface area contributed by atoms with Crippen molar-refractivity contribution in [2.24, 2.45) is 17.3 Å². The first-order chi connectivity index (χ1) is 17.8. The quantitative estimate of drug-likeness (QED) is 0.486. The Labute approximate surface area is 228 Å². The van der Waals surface area contributed by atoms with Crippen LogP contribution in [0.25, 0.3) is 6.08 Å². The van der Waals surface area contributed by atoms with Gasteiger partial charge in [0, 0.05) is 17.7 Å². The van der Waals surface area contributed by atoms with Gasteiger partial charge in [-0.05, 0) is 45.1 Å². The van der Waals surface area contributed by atoms with E-state index in [-0.39, 0.29) is 36.8 Å². The molecular weight excluding hydrogens is 511 g/mol. The van der Waals surface area contributed by atoms with Crippen LogP contribution in [0.5, 0.6) is 0 Å². The maximum atomic E-state index is 15.5. The molecule has 4 rings (SSSR count). The molecule has 0 spiro atoms. The molecule has 1 amide bonds. The molecule has 3 unspecified atom stereocenters. The van der Waals surface area contributed by atoms with E-state index in [1.807, 2.05) is 20.8 Å². The number of rotatable bonds is 4. The monoisotopic (exact) mass is 552 g/mol. The molecule has 8 atom stereocenters. The summed E-state index contributed by atoms with van der Waals surface area (Å²) >= 11 is 1.41. The number of aryl methyl sites for hydroxylation is 1. The van der Waals surface area contributed by atoms with E-state index in [0.29, 0.717) is 25.1 Å². The number of nitrogens with zero attached hydrogens (tertiary/aromatic N) is 1. The number of carbonyl (C=O) groups is 2. The third-order valence-electron chi connectivity index (χ3n) is 8.51. The Hall–Kier alpha value is -1.72. The second-order valence-electron chi connectivity index (χ2n) is 12.1. The number of ketones is 1. The number of aliphatic hydroxyl groups excluding tert-OH is 2. The summed E-state index contributed by atoms with van der Waals surface area (Å²) in [5.41, 5.74) is -1.26. The molecule has 0 radical (unpaired) electrons. The lowest BCUT2D eigenvalue weighted by atomic mass is 9.71. The van der Waals surface area contributed by atoms with Crippen LogP contribution in [-0.2, 0) is 19.1 Å². The molecule has 0 aromatic carbocycles. The first kappa shape index (κ1) is 29.3. The smallest absolute Gasteiger partial charge is 0.223 e. The van der Waals surface area contributed by atoms with Crippen molar-refractivity contribution in [3.63, 3.8) is 0 Å². The lowest BCUT2D eigenvalue weighted by Crippen LogP contribution is -2.48. The molecule has 1 aromatic heterocycles. The lowest BCUT2D eigenvalue weighted by Gasteiger charge is -2.36. The molecule has 8 nitrogen and oxygen atoms in total. The van der Waals surface area contributed by atoms with Crippen LogP contribution in [0.15, 0.2) is 11.2 Å². The topological polar surface area (TPSA) is 125 Å². The van der Waals surface area contributed by atoms with Gasteiger partial charge in [-0.1, -0.05) is 27.2 Å². The summed E-state index contributed by atoms with van der Waals surface area (Å²) in [5, 5.41) is 27.5. The highest BCUT2D eigenvalue weighted by Crippen LogP contribution is 2.45. The number of amides is 1. The van der Waals surface area contributed by atoms with Crippen LogP contribution < -0.4 is 5.32 Å². The van der Waals surface area contributed by atoms with E-state index in [4.69, 9.17) is 9.47 Å². The minimum absolute atomic E-state index is 0.0794. The molecule has 38 heavy (non-hydrogen) atoms. The van der Waals surface area contributed by atoms with Crippen molar-refractivity contribution in [3.05, 3.63) is 21.9 Å². The fourth-order valence-electron chi connectivity index (χ4n) is 5.51. The average Bonchev–Trinajstić information content (AvgIpc) is 3.74. The molecule has 212 valence electrons. The second kappa shape index (κ2) is 11.4. The van der Waals surface area contributed by atoms with Gasteiger partial charge in [0.2, 0.25) is 5.91 Å². The van der Waals surface area contributed by atoms with E-state index in [9.17, 15) is 19.8 Å². The number of aliphatic hydroxyl groups is 2. The summed E-state index contributed by atoms with van der Waals surface area (Å²) in [6.07, 6.45) is 1.24. The Morgan fingerprint density at radius 2 is 2.03 bits per heavy atom. The maximum absolute atomic E-state index is 15.5. The van der Waals surface area contributed by atoms with Crippen LogP contribution in [0, 0.1) is 24.2 Å². The van der Waals surface area contributed by atoms with E-state index in [0.717, 1.165) is 17.8 Å². The van der Waals surface area contributed by atoms with Gasteiger partial charge in [-0.2, -0.15) is 0 Å². The van der Waals surface area contributed by atoms with Crippen LogP contribution in [0.2, 0.25) is 0 Å². The SMILES string of the molecule is Cc1nc(C=C(F)[C@@H]2CC3OC3(C)CCC[C@H](C)[C@@H](O)[C@@H](CC3CO3)C(=O)C(C)(C)[C@@H](O)CC(=O)N2)cs1. The number of hydrogen-bond donors (Lipinski definition) is 3. The van der Waals surface area contributed by atoms with E-state index in [1.54, 1.807) is 19.2 Å². The molecule has 3 saturated heterocycles. The van der Waals surface area contributed by atoms with Crippen LogP contribution in [-0.4, -0.2) is 69.6 Å². The molecule has 0 aliphatic carbocycles. The molecule has 0 saturated carbocycles. The molecule has 3 aliphatic heterocycles. The van der Waals surface area contributed by atoms with E-state index in [2.05, 4.69) is 10.3 Å². The van der Waals surface area contributed by atoms with Crippen molar-refractivity contribution in [1.82, 2.24) is 10.3 Å². The number of carbonyl (C=O) groups excluding carboxylic acids is 2. The molecular formula is C28H41FN2O6S. The molecule has 0 bridgehead atoms. The molecule has 3 N–H and O–H groups in total. The lowest BCUT2D eigenvalue weighted by molar-refractivity contribution is -0.144. The number of nitrogens with one attached hydrogen (secondary N) is 1. The predicted octanol–water partition coefficient (Wildman–Crippen LogP) is 3.73. The van der Waals surface area contributed by atoms with Gasteiger partial charge in [0.1, 0.15) is 11.6 Å². The zero-order valence-electron chi connectivity index (χ0n) is 22.9. The number of Topliss-reactive ketones (excluding diaryl/α,β-unsaturated/α-hetero) is 1. The van der Waals surface area contributed by atoms with Crippen molar-refractivity contribution >= 4 is 29.1 Å². The first-order valence-electron chi connectivity index (χ1n) is 13.6. The van der Waals surface area contributed by atoms with E-state index < -0.39 is 46.9 Å². The Bertz CT molecular complexity index is 1060. The number of epoxide rings is 2. The van der Waals surface area contributed by atoms with Crippen LogP contribution >= 0.6 is 11.3 Å². The minimum atomic E-state index is -1.32. The fraction of sp³-hybridized carbons (Fsp3) is 0.750. The zero-order valence-corrected chi connectivity index (χ0v) is 23.7. The summed E-state index contributed by atoms with van der Waals surface area (Å²) in [6.45, 7) is 9.50. The van der Waals surface area contributed by atoms with Gasteiger partial charge in [-0.25, -0.2) is 9.37 Å². The van der Waals surface area contributed by atoms with E-state index >= 15 is 4.39 Å². The van der Waals surface area contributed by atoms with Gasteiger partial charge in [0.25, 0.3) is 0 Å². The number of fused-ring (bicyclic) bond motifs is 1. The van der Waals surface area contributed by atoms with Crippen molar-refractivity contribution in [3.8, 4) is 0 Å². The van der Waals surface area contributed by atoms with Crippen molar-refractivity contribution < 1.29 is 33.7 Å². The van der Waals surface area contributed by atoms with Crippen molar-refractivity contribution in [2.75, 3.05) is 6.61 Å². The van der Waals surface area contributed by atoms with Gasteiger partial charge in [-0.3, -0.25) is 9.59 Å². The molecule has 3 aliphatic rings. The number of ether oxygens (including phenoxy) is 2. The highest BCUT2D eigenvalue weighted by atomic mass is 32.1. The van der Waals surface area contributed by atoms with Gasteiger partial charge in [-0.15, -0.1) is 11.3 Å². The summed E-state index contributed by atoms with van der Waals surface area (Å²) < 4.78 is 26.8. The highest BCUT2D eigenvalue weighted by molar-refractivity contribution is 7.09. The van der Waals surface area contributed by atoms with Crippen LogP contribution in [0.1, 0.15) is 76.9 Å². The predicted molar refractivity (Wildman–Crippen MR) is 142 cm³/mol. The van der Waals surface area contributed by atoms with Gasteiger partial charge in [0.15, 0.2) is 0 Å². The van der Waals surface area contributed by atoms with Crippen LogP contribution in [0.4, 0.5) is 4.39 Å². The first-order valence-corrected chi connectivity index (χ1v) is 14.5. The number of hydrogen-bond acceptors (Lipinski definition) is 8. The standard InChI is InChI=1S/C28H41FN2O6S/c1-15-7-6-8-28(5)23(37-28)11-21(20(29)9-17-14-38-16(2)30-17)31-24(33)12-22(32)27(3,4)26(35)19(25(15)34)10-18-13-36-18/h9,14-15,18-19,21-23,25,32,34H,6-8,10-13H2,1-5H3,(H,31,33)/t15-,18?,19+,21-,22-,23?,25+,28?/m0/s1. The molecule has 10 heteroatoms. The van der Waals surface area contributed by atoms with Crippen LogP contribution in [0.3, 0.4) is 0 Å². The summed E-state index contributed by atoms with van der Waals surface area (Å²) in [7, 11) is 0. The number of halogens is 1. The van der Waals surface area contributed by atoms with Crippen molar-refractivity contribution in [1.29, 1.82) is 0 Å². The maximum Gasteiger partial charge on any atom is 0.223 e. The normalized spacial score (nSPS) is 38.8. The number of thiazole rings is 1. The third kappa shape index (κ3) is 6.88. The molecule has 4 heterocycles. The fourth-order valence-corrected chi connectivity index (χ4v) is 6.08. The van der Waals surface area contributed by atoms with Gasteiger partial charge in [0.05, 0.1) is 65.2 Å². The Morgan fingerprint density at radius 3 is 2.66 bits per heavy atom. The Morgan fingerprint density at radius 1 is 1.32 bits per heavy atom. The Kier molecular flexibility index (Phi) is 8.79. The van der Waals surface area contributed by atoms with E-state index in [1.165, 1.54) is 17.4 Å². The van der Waals surface area contributed by atoms with Gasteiger partial charge < -0.3 is 25.0 Å². The Balaban J connectivity index is 1.58. The second-order valence-corrected chi connectivity index (χ2v) is 13.1. The summed E-state index contributed by atoms with van der Waals surface area (Å²) in [5.74, 6) is -2.25. The average molecular weight is 553 g/mol. The van der Waals surface area contributed by atoms with Gasteiger partial charge >= 0.3 is 0 Å². The third-order valence-corrected chi connectivity index (χ3v) is 9.30.